The van der Waals surface area contributed by atoms with Gasteiger partial charge in [-0.3, -0.25) is 9.59 Å². The molecule has 4 rings (SSSR count). The average molecular weight is 370 g/mol. The molecule has 2 aromatic rings. The third-order valence-corrected chi connectivity index (χ3v) is 5.60. The van der Waals surface area contributed by atoms with E-state index >= 15 is 0 Å². The topological polar surface area (TPSA) is 135 Å². The second-order valence-electron chi connectivity index (χ2n) is 7.22. The molecule has 3 atom stereocenters. The average Bonchev–Trinajstić information content (AvgIpc) is 2.62. The fourth-order valence-corrected chi connectivity index (χ4v) is 4.05. The van der Waals surface area contributed by atoms with Crippen LogP contribution in [-0.4, -0.2) is 48.8 Å². The maximum Gasteiger partial charge on any atom is 0.198 e. The Kier molecular flexibility index (Phi) is 3.68. The molecular formula is C20H18O7. The number of carbonyl (C=O) groups excluding carboxylic acids is 2. The summed E-state index contributed by atoms with van der Waals surface area (Å²) in [5.74, 6) is -2.40. The van der Waals surface area contributed by atoms with Gasteiger partial charge in [0.2, 0.25) is 0 Å². The smallest absolute Gasteiger partial charge is 0.198 e. The van der Waals surface area contributed by atoms with Crippen LogP contribution in [-0.2, 0) is 6.42 Å². The molecule has 7 heteroatoms. The lowest BCUT2D eigenvalue weighted by Crippen LogP contribution is -2.47. The molecule has 2 aliphatic rings. The van der Waals surface area contributed by atoms with Gasteiger partial charge in [-0.1, -0.05) is 24.3 Å². The van der Waals surface area contributed by atoms with Crippen LogP contribution in [0.4, 0.5) is 0 Å². The van der Waals surface area contributed by atoms with Gasteiger partial charge < -0.3 is 25.5 Å². The van der Waals surface area contributed by atoms with Crippen molar-refractivity contribution in [2.75, 3.05) is 0 Å². The number of benzene rings is 2. The van der Waals surface area contributed by atoms with E-state index in [0.29, 0.717) is 0 Å². The first-order valence-electron chi connectivity index (χ1n) is 8.55. The van der Waals surface area contributed by atoms with Crippen molar-refractivity contribution in [3.05, 3.63) is 57.6 Å². The molecule has 2 aliphatic carbocycles. The van der Waals surface area contributed by atoms with Gasteiger partial charge in [0, 0.05) is 35.1 Å². The van der Waals surface area contributed by atoms with Crippen molar-refractivity contribution in [1.82, 2.24) is 0 Å². The molecule has 0 aliphatic heterocycles. The number of aliphatic hydroxyl groups is 3. The number of phenols is 2. The number of ketones is 2. The third-order valence-electron chi connectivity index (χ3n) is 5.60. The minimum absolute atomic E-state index is 0.0473. The summed E-state index contributed by atoms with van der Waals surface area (Å²) in [5, 5.41) is 52.4. The van der Waals surface area contributed by atoms with Gasteiger partial charge in [0.05, 0.1) is 28.9 Å². The normalized spacial score (nSPS) is 24.8. The van der Waals surface area contributed by atoms with Crippen molar-refractivity contribution in [1.29, 1.82) is 0 Å². The van der Waals surface area contributed by atoms with Crippen LogP contribution in [0.15, 0.2) is 24.3 Å². The Morgan fingerprint density at radius 2 is 1.56 bits per heavy atom. The maximum absolute atomic E-state index is 12.9. The van der Waals surface area contributed by atoms with Crippen molar-refractivity contribution in [2.45, 2.75) is 37.6 Å². The minimum atomic E-state index is -1.75. The first-order chi connectivity index (χ1) is 12.7. The molecule has 0 spiro atoms. The van der Waals surface area contributed by atoms with E-state index in [9.17, 15) is 35.1 Å². The molecule has 0 radical (unpaired) electrons. The largest absolute Gasteiger partial charge is 0.507 e. The van der Waals surface area contributed by atoms with Gasteiger partial charge in [0.15, 0.2) is 11.6 Å². The lowest BCUT2D eigenvalue weighted by Gasteiger charge is -2.39. The quantitative estimate of drug-likeness (QED) is 0.403. The predicted octanol–water partition coefficient (Wildman–Crippen LogP) is 0.965. The Morgan fingerprint density at radius 1 is 1.04 bits per heavy atom. The molecule has 27 heavy (non-hydrogen) atoms. The molecule has 140 valence electrons. The summed E-state index contributed by atoms with van der Waals surface area (Å²) in [6.07, 6.45) is -3.23. The number of aromatic hydroxyl groups is 2. The zero-order valence-corrected chi connectivity index (χ0v) is 14.4. The van der Waals surface area contributed by atoms with Gasteiger partial charge in [0.1, 0.15) is 11.5 Å². The van der Waals surface area contributed by atoms with Crippen molar-refractivity contribution in [3.63, 3.8) is 0 Å². The van der Waals surface area contributed by atoms with E-state index in [4.69, 9.17) is 0 Å². The van der Waals surface area contributed by atoms with Gasteiger partial charge in [-0.2, -0.15) is 0 Å². The van der Waals surface area contributed by atoms with Crippen LogP contribution in [0.5, 0.6) is 11.5 Å². The highest BCUT2D eigenvalue weighted by molar-refractivity contribution is 6.30. The summed E-state index contributed by atoms with van der Waals surface area (Å²) in [7, 11) is 0. The number of aliphatic hydroxyl groups excluding tert-OH is 2. The molecular weight excluding hydrogens is 352 g/mol. The van der Waals surface area contributed by atoms with Crippen LogP contribution in [0.2, 0.25) is 0 Å². The first kappa shape index (κ1) is 17.7. The Labute approximate surface area is 154 Å². The van der Waals surface area contributed by atoms with Crippen LogP contribution in [0.25, 0.3) is 0 Å². The molecule has 0 bridgehead atoms. The van der Waals surface area contributed by atoms with Crippen LogP contribution in [0.3, 0.4) is 0 Å². The van der Waals surface area contributed by atoms with Crippen LogP contribution in [0, 0.1) is 0 Å². The molecule has 0 saturated heterocycles. The number of phenolic OH excluding ortho intramolecular Hbond substituents is 2. The van der Waals surface area contributed by atoms with E-state index in [0.717, 1.165) is 0 Å². The predicted molar refractivity (Wildman–Crippen MR) is 93.0 cm³/mol. The van der Waals surface area contributed by atoms with E-state index in [2.05, 4.69) is 0 Å². The van der Waals surface area contributed by atoms with Gasteiger partial charge in [-0.15, -0.1) is 0 Å². The van der Waals surface area contributed by atoms with Gasteiger partial charge >= 0.3 is 0 Å². The molecule has 5 N–H and O–H groups in total. The standard InChI is InChI=1S/C20H18O7/c1-8(21)20(27)6-11-13(12(22)7-20)19(26)15-14(18(11)25)16(23)9-4-2-3-5-10(9)17(15)24/h2-5,8,12,21-22,25-27H,6-7H2,1H3/t8-,12+,20+/m1/s1. The Balaban J connectivity index is 2.02. The lowest BCUT2D eigenvalue weighted by atomic mass is 9.72. The summed E-state index contributed by atoms with van der Waals surface area (Å²) in [4.78, 5) is 25.8. The minimum Gasteiger partial charge on any atom is -0.507 e. The number of hydrogen-bond donors (Lipinski definition) is 5. The fourth-order valence-electron chi connectivity index (χ4n) is 4.05. The number of carbonyl (C=O) groups is 2. The van der Waals surface area contributed by atoms with E-state index in [1.807, 2.05) is 0 Å². The van der Waals surface area contributed by atoms with Crippen molar-refractivity contribution < 1.29 is 35.1 Å². The first-order valence-corrected chi connectivity index (χ1v) is 8.55. The maximum atomic E-state index is 12.9. The molecule has 0 aromatic heterocycles. The summed E-state index contributed by atoms with van der Waals surface area (Å²) in [6, 6.07) is 6.08. The Bertz CT molecular complexity index is 1010. The van der Waals surface area contributed by atoms with Gasteiger partial charge in [0.25, 0.3) is 0 Å². The lowest BCUT2D eigenvalue weighted by molar-refractivity contribution is -0.0999. The summed E-state index contributed by atoms with van der Waals surface area (Å²) < 4.78 is 0. The summed E-state index contributed by atoms with van der Waals surface area (Å²) >= 11 is 0. The number of rotatable bonds is 1. The van der Waals surface area contributed by atoms with E-state index in [-0.39, 0.29) is 46.2 Å². The SMILES string of the molecule is C[C@@H](O)[C@]1(O)Cc2c(O)c3c(c(O)c2[C@@H](O)C1)C(=O)c1ccccc1C3=O. The zero-order chi connectivity index (χ0) is 19.7. The summed E-state index contributed by atoms with van der Waals surface area (Å²) in [5.41, 5.74) is -2.38. The highest BCUT2D eigenvalue weighted by atomic mass is 16.3. The van der Waals surface area contributed by atoms with Crippen LogP contribution >= 0.6 is 0 Å². The monoisotopic (exact) mass is 370 g/mol. The number of hydrogen-bond acceptors (Lipinski definition) is 7. The molecule has 2 aromatic carbocycles. The van der Waals surface area contributed by atoms with E-state index < -0.39 is 40.9 Å². The van der Waals surface area contributed by atoms with E-state index in [1.165, 1.54) is 19.1 Å². The highest BCUT2D eigenvalue weighted by Gasteiger charge is 2.46. The third kappa shape index (κ3) is 2.26. The van der Waals surface area contributed by atoms with Gasteiger partial charge in [-0.25, -0.2) is 0 Å². The Morgan fingerprint density at radius 3 is 2.07 bits per heavy atom. The second-order valence-corrected chi connectivity index (χ2v) is 7.22. The zero-order valence-electron chi connectivity index (χ0n) is 14.4. The summed E-state index contributed by atoms with van der Waals surface area (Å²) in [6.45, 7) is 1.35. The second kappa shape index (κ2) is 5.63. The molecule has 7 nitrogen and oxygen atoms in total. The van der Waals surface area contributed by atoms with Crippen molar-refractivity contribution in [2.24, 2.45) is 0 Å². The highest BCUT2D eigenvalue weighted by Crippen LogP contribution is 2.50. The van der Waals surface area contributed by atoms with Crippen molar-refractivity contribution in [3.8, 4) is 11.5 Å². The van der Waals surface area contributed by atoms with Crippen molar-refractivity contribution >= 4 is 11.6 Å². The van der Waals surface area contributed by atoms with Gasteiger partial charge in [-0.05, 0) is 6.92 Å². The van der Waals surface area contributed by atoms with Crippen LogP contribution in [0.1, 0.15) is 62.4 Å². The molecule has 0 saturated carbocycles. The molecule has 0 amide bonds. The molecule has 0 heterocycles. The van der Waals surface area contributed by atoms with E-state index in [1.54, 1.807) is 12.1 Å². The molecule has 0 unspecified atom stereocenters. The van der Waals surface area contributed by atoms with Crippen LogP contribution < -0.4 is 0 Å². The molecule has 0 fully saturated rings. The fraction of sp³-hybridized carbons (Fsp3) is 0.300. The number of fused-ring (bicyclic) bond motifs is 3. The Hall–Kier alpha value is -2.74.